The predicted octanol–water partition coefficient (Wildman–Crippen LogP) is 0.465. The molecule has 0 aliphatic carbocycles. The van der Waals surface area contributed by atoms with Crippen LogP contribution in [0, 0.1) is 6.92 Å². The fraction of sp³-hybridized carbons (Fsp3) is 0.286. The Morgan fingerprint density at radius 3 is 2.90 bits per heavy atom. The summed E-state index contributed by atoms with van der Waals surface area (Å²) < 4.78 is 0. The minimum Gasteiger partial charge on any atom is -0.392 e. The van der Waals surface area contributed by atoms with Gasteiger partial charge in [-0.1, -0.05) is 0 Å². The summed E-state index contributed by atoms with van der Waals surface area (Å²) in [6.07, 6.45) is 1.65. The number of hydrogen-bond acceptors (Lipinski definition) is 3. The van der Waals surface area contributed by atoms with Crippen molar-refractivity contribution in [3.63, 3.8) is 0 Å². The second-order valence-corrected chi connectivity index (χ2v) is 2.19. The predicted molar refractivity (Wildman–Crippen MR) is 39.3 cm³/mol. The van der Waals surface area contributed by atoms with Crippen LogP contribution in [0.15, 0.2) is 12.3 Å². The second kappa shape index (κ2) is 2.66. The van der Waals surface area contributed by atoms with Crippen molar-refractivity contribution in [2.75, 3.05) is 5.73 Å². The summed E-state index contributed by atoms with van der Waals surface area (Å²) in [5, 5.41) is 8.76. The number of nitrogen functional groups attached to an aromatic ring is 1. The number of anilines is 1. The van der Waals surface area contributed by atoms with Crippen molar-refractivity contribution in [2.24, 2.45) is 0 Å². The maximum Gasteiger partial charge on any atom is 0.123 e. The van der Waals surface area contributed by atoms with Crippen molar-refractivity contribution in [3.8, 4) is 0 Å². The summed E-state index contributed by atoms with van der Waals surface area (Å²) in [5.74, 6) is 0.453. The van der Waals surface area contributed by atoms with Crippen LogP contribution in [0.1, 0.15) is 11.1 Å². The van der Waals surface area contributed by atoms with Crippen LogP contribution < -0.4 is 5.73 Å². The quantitative estimate of drug-likeness (QED) is 0.592. The van der Waals surface area contributed by atoms with Gasteiger partial charge in [-0.3, -0.25) is 0 Å². The average Bonchev–Trinajstić information content (AvgIpc) is 1.94. The molecule has 0 saturated heterocycles. The van der Waals surface area contributed by atoms with Crippen molar-refractivity contribution < 1.29 is 5.11 Å². The van der Waals surface area contributed by atoms with E-state index in [1.54, 1.807) is 12.3 Å². The van der Waals surface area contributed by atoms with Gasteiger partial charge in [0.25, 0.3) is 0 Å². The molecular weight excluding hydrogens is 128 g/mol. The Labute approximate surface area is 59.5 Å². The van der Waals surface area contributed by atoms with E-state index >= 15 is 0 Å². The Bertz CT molecular complexity index is 235. The largest absolute Gasteiger partial charge is 0.392 e. The molecule has 0 radical (unpaired) electrons. The fourth-order valence-corrected chi connectivity index (χ4v) is 0.754. The SMILES string of the molecule is Cc1cnc(N)cc1CO. The number of nitrogens with two attached hydrogens (primary N) is 1. The molecule has 3 N–H and O–H groups in total. The molecule has 0 aliphatic heterocycles. The Balaban J connectivity index is 3.09. The van der Waals surface area contributed by atoms with Crippen molar-refractivity contribution in [1.29, 1.82) is 0 Å². The van der Waals surface area contributed by atoms with Crippen molar-refractivity contribution in [3.05, 3.63) is 23.4 Å². The maximum atomic E-state index is 8.76. The lowest BCUT2D eigenvalue weighted by Gasteiger charge is -2.00. The van der Waals surface area contributed by atoms with Crippen LogP contribution >= 0.6 is 0 Å². The van der Waals surface area contributed by atoms with E-state index in [1.807, 2.05) is 6.92 Å². The van der Waals surface area contributed by atoms with Gasteiger partial charge in [-0.05, 0) is 24.1 Å². The molecule has 0 bridgehead atoms. The summed E-state index contributed by atoms with van der Waals surface area (Å²) >= 11 is 0. The molecule has 0 fully saturated rings. The average molecular weight is 138 g/mol. The van der Waals surface area contributed by atoms with Crippen LogP contribution in [0.3, 0.4) is 0 Å². The first-order valence-electron chi connectivity index (χ1n) is 3.06. The molecule has 3 heteroatoms. The molecule has 54 valence electrons. The first kappa shape index (κ1) is 7.02. The van der Waals surface area contributed by atoms with Gasteiger partial charge in [-0.15, -0.1) is 0 Å². The third-order valence-electron chi connectivity index (χ3n) is 1.41. The number of aliphatic hydroxyl groups excluding tert-OH is 1. The lowest BCUT2D eigenvalue weighted by atomic mass is 10.2. The second-order valence-electron chi connectivity index (χ2n) is 2.19. The van der Waals surface area contributed by atoms with E-state index in [2.05, 4.69) is 4.98 Å². The lowest BCUT2D eigenvalue weighted by Crippen LogP contribution is -1.95. The van der Waals surface area contributed by atoms with Gasteiger partial charge in [0.1, 0.15) is 5.82 Å². The van der Waals surface area contributed by atoms with Gasteiger partial charge >= 0.3 is 0 Å². The van der Waals surface area contributed by atoms with Gasteiger partial charge in [0.05, 0.1) is 6.61 Å². The van der Waals surface area contributed by atoms with Crippen LogP contribution in [0.4, 0.5) is 5.82 Å². The number of aryl methyl sites for hydroxylation is 1. The minimum absolute atomic E-state index is 0.0263. The van der Waals surface area contributed by atoms with E-state index in [9.17, 15) is 0 Å². The first-order chi connectivity index (χ1) is 4.74. The van der Waals surface area contributed by atoms with Crippen LogP contribution in [0.25, 0.3) is 0 Å². The summed E-state index contributed by atoms with van der Waals surface area (Å²) in [6.45, 7) is 1.91. The topological polar surface area (TPSA) is 59.1 Å². The van der Waals surface area contributed by atoms with Gasteiger partial charge < -0.3 is 10.8 Å². The molecule has 0 atom stereocenters. The van der Waals surface area contributed by atoms with Gasteiger partial charge in [-0.2, -0.15) is 0 Å². The number of aliphatic hydroxyl groups is 1. The number of rotatable bonds is 1. The number of hydrogen-bond donors (Lipinski definition) is 2. The Hall–Kier alpha value is -1.09. The van der Waals surface area contributed by atoms with E-state index in [-0.39, 0.29) is 6.61 Å². The van der Waals surface area contributed by atoms with Gasteiger partial charge in [0.2, 0.25) is 0 Å². The highest BCUT2D eigenvalue weighted by Crippen LogP contribution is 2.08. The van der Waals surface area contributed by atoms with Crippen molar-refractivity contribution in [2.45, 2.75) is 13.5 Å². The van der Waals surface area contributed by atoms with Crippen LogP contribution in [0.2, 0.25) is 0 Å². The molecule has 1 rings (SSSR count). The van der Waals surface area contributed by atoms with Crippen LogP contribution in [-0.4, -0.2) is 10.1 Å². The Morgan fingerprint density at radius 2 is 2.40 bits per heavy atom. The molecular formula is C7H10N2O. The summed E-state index contributed by atoms with van der Waals surface area (Å²) in [5.41, 5.74) is 7.19. The standard InChI is InChI=1S/C7H10N2O/c1-5-3-9-7(8)2-6(5)4-10/h2-3,10H,4H2,1H3,(H2,8,9). The van der Waals surface area contributed by atoms with Crippen LogP contribution in [0.5, 0.6) is 0 Å². The molecule has 10 heavy (non-hydrogen) atoms. The summed E-state index contributed by atoms with van der Waals surface area (Å²) in [4.78, 5) is 3.85. The van der Waals surface area contributed by atoms with Crippen molar-refractivity contribution >= 4 is 5.82 Å². The summed E-state index contributed by atoms with van der Waals surface area (Å²) in [6, 6.07) is 1.68. The zero-order valence-corrected chi connectivity index (χ0v) is 5.83. The zero-order chi connectivity index (χ0) is 7.56. The van der Waals surface area contributed by atoms with E-state index in [0.717, 1.165) is 11.1 Å². The molecule has 1 heterocycles. The molecule has 0 amide bonds. The van der Waals surface area contributed by atoms with E-state index < -0.39 is 0 Å². The van der Waals surface area contributed by atoms with E-state index in [4.69, 9.17) is 10.8 Å². The highest BCUT2D eigenvalue weighted by molar-refractivity contribution is 5.35. The summed E-state index contributed by atoms with van der Waals surface area (Å²) in [7, 11) is 0. The van der Waals surface area contributed by atoms with Crippen molar-refractivity contribution in [1.82, 2.24) is 4.98 Å². The van der Waals surface area contributed by atoms with E-state index in [0.29, 0.717) is 5.82 Å². The molecule has 0 aromatic carbocycles. The molecule has 3 nitrogen and oxygen atoms in total. The number of pyridine rings is 1. The molecule has 0 spiro atoms. The van der Waals surface area contributed by atoms with Gasteiger partial charge in [0, 0.05) is 6.20 Å². The van der Waals surface area contributed by atoms with Gasteiger partial charge in [-0.25, -0.2) is 4.98 Å². The number of nitrogens with zero attached hydrogens (tertiary/aromatic N) is 1. The third-order valence-corrected chi connectivity index (χ3v) is 1.41. The first-order valence-corrected chi connectivity index (χ1v) is 3.06. The molecule has 1 aromatic heterocycles. The Kier molecular flexibility index (Phi) is 1.87. The smallest absolute Gasteiger partial charge is 0.123 e. The third kappa shape index (κ3) is 1.25. The monoisotopic (exact) mass is 138 g/mol. The van der Waals surface area contributed by atoms with E-state index in [1.165, 1.54) is 0 Å². The Morgan fingerprint density at radius 1 is 1.70 bits per heavy atom. The van der Waals surface area contributed by atoms with Crippen LogP contribution in [-0.2, 0) is 6.61 Å². The normalized spacial score (nSPS) is 9.80. The zero-order valence-electron chi connectivity index (χ0n) is 5.83. The molecule has 0 aliphatic rings. The van der Waals surface area contributed by atoms with Gasteiger partial charge in [0.15, 0.2) is 0 Å². The molecule has 0 saturated carbocycles. The highest BCUT2D eigenvalue weighted by atomic mass is 16.3. The highest BCUT2D eigenvalue weighted by Gasteiger charge is 1.96. The maximum absolute atomic E-state index is 8.76. The molecule has 0 unspecified atom stereocenters. The molecule has 1 aromatic rings. The number of aromatic nitrogens is 1. The minimum atomic E-state index is 0.0263. The fourth-order valence-electron chi connectivity index (χ4n) is 0.754. The lowest BCUT2D eigenvalue weighted by molar-refractivity contribution is 0.281.